The number of nitrogens with zero attached hydrogens (tertiary/aromatic N) is 5. The summed E-state index contributed by atoms with van der Waals surface area (Å²) in [5.41, 5.74) is 1.63. The first kappa shape index (κ1) is 15.0. The van der Waals surface area contributed by atoms with E-state index in [2.05, 4.69) is 15.1 Å². The molecule has 1 fully saturated rings. The molecule has 1 amide bonds. The molecule has 2 aromatic heterocycles. The zero-order valence-corrected chi connectivity index (χ0v) is 13.2. The molecule has 1 aromatic carbocycles. The van der Waals surface area contributed by atoms with Crippen LogP contribution in [0, 0.1) is 11.3 Å². The molecule has 0 N–H and O–H groups in total. The van der Waals surface area contributed by atoms with Crippen molar-refractivity contribution in [2.24, 2.45) is 0 Å². The highest BCUT2D eigenvalue weighted by atomic mass is 16.5. The molecule has 0 radical (unpaired) electrons. The van der Waals surface area contributed by atoms with Gasteiger partial charge < -0.3 is 9.42 Å². The first-order valence-corrected chi connectivity index (χ1v) is 7.79. The van der Waals surface area contributed by atoms with Crippen LogP contribution >= 0.6 is 0 Å². The molecular weight excluding hydrogens is 318 g/mol. The molecule has 1 saturated heterocycles. The SMILES string of the molecule is N#Cc1cccc(C(=O)N2CC(c3nc(-c4ccccn4)no3)C2)c1. The molecule has 0 atom stereocenters. The number of hydrogen-bond donors (Lipinski definition) is 0. The van der Waals surface area contributed by atoms with E-state index in [4.69, 9.17) is 9.78 Å². The average Bonchev–Trinajstić information content (AvgIpc) is 3.11. The van der Waals surface area contributed by atoms with E-state index in [1.54, 1.807) is 35.4 Å². The second-order valence-electron chi connectivity index (χ2n) is 5.77. The van der Waals surface area contributed by atoms with Gasteiger partial charge in [0.1, 0.15) is 5.69 Å². The van der Waals surface area contributed by atoms with Crippen molar-refractivity contribution in [2.75, 3.05) is 13.1 Å². The Morgan fingerprint density at radius 2 is 2.12 bits per heavy atom. The minimum absolute atomic E-state index is 0.0214. The molecule has 0 spiro atoms. The van der Waals surface area contributed by atoms with E-state index in [-0.39, 0.29) is 11.8 Å². The summed E-state index contributed by atoms with van der Waals surface area (Å²) in [5.74, 6) is 0.878. The van der Waals surface area contributed by atoms with Gasteiger partial charge in [-0.3, -0.25) is 9.78 Å². The van der Waals surface area contributed by atoms with E-state index in [0.717, 1.165) is 0 Å². The summed E-state index contributed by atoms with van der Waals surface area (Å²) in [6.45, 7) is 1.03. The number of nitriles is 1. The van der Waals surface area contributed by atoms with Gasteiger partial charge in [0, 0.05) is 24.8 Å². The van der Waals surface area contributed by atoms with Crippen molar-refractivity contribution in [3.63, 3.8) is 0 Å². The molecule has 4 rings (SSSR count). The lowest BCUT2D eigenvalue weighted by molar-refractivity contribution is 0.0569. The van der Waals surface area contributed by atoms with Gasteiger partial charge in [-0.1, -0.05) is 17.3 Å². The van der Waals surface area contributed by atoms with Crippen LogP contribution in [0.2, 0.25) is 0 Å². The summed E-state index contributed by atoms with van der Waals surface area (Å²) < 4.78 is 5.31. The lowest BCUT2D eigenvalue weighted by Crippen LogP contribution is -2.48. The van der Waals surface area contributed by atoms with Crippen LogP contribution in [-0.2, 0) is 0 Å². The Hall–Kier alpha value is -3.53. The lowest BCUT2D eigenvalue weighted by atomic mass is 9.98. The number of benzene rings is 1. The van der Waals surface area contributed by atoms with Gasteiger partial charge in [-0.05, 0) is 30.3 Å². The number of aromatic nitrogens is 3. The number of amides is 1. The van der Waals surface area contributed by atoms with E-state index in [1.165, 1.54) is 0 Å². The predicted octanol–water partition coefficient (Wildman–Crippen LogP) is 2.24. The fraction of sp³-hybridized carbons (Fsp3) is 0.167. The van der Waals surface area contributed by atoms with E-state index in [9.17, 15) is 4.79 Å². The topological polar surface area (TPSA) is 95.9 Å². The Balaban J connectivity index is 1.43. The molecule has 3 heterocycles. The fourth-order valence-electron chi connectivity index (χ4n) is 2.71. The van der Waals surface area contributed by atoms with Gasteiger partial charge in [0.05, 0.1) is 17.6 Å². The zero-order chi connectivity index (χ0) is 17.2. The summed E-state index contributed by atoms with van der Waals surface area (Å²) in [7, 11) is 0. The van der Waals surface area contributed by atoms with Crippen LogP contribution < -0.4 is 0 Å². The van der Waals surface area contributed by atoms with Crippen LogP contribution in [0.3, 0.4) is 0 Å². The fourth-order valence-corrected chi connectivity index (χ4v) is 2.71. The van der Waals surface area contributed by atoms with Gasteiger partial charge in [-0.25, -0.2) is 0 Å². The maximum Gasteiger partial charge on any atom is 0.253 e. The third kappa shape index (κ3) is 2.85. The largest absolute Gasteiger partial charge is 0.338 e. The Labute approximate surface area is 143 Å². The maximum atomic E-state index is 12.4. The monoisotopic (exact) mass is 331 g/mol. The summed E-state index contributed by atoms with van der Waals surface area (Å²) in [6, 6.07) is 14.2. The molecule has 7 nitrogen and oxygen atoms in total. The highest BCUT2D eigenvalue weighted by molar-refractivity contribution is 5.95. The molecule has 1 aliphatic heterocycles. The molecule has 0 saturated carbocycles. The third-order valence-electron chi connectivity index (χ3n) is 4.09. The number of rotatable bonds is 3. The van der Waals surface area contributed by atoms with Crippen LogP contribution in [0.5, 0.6) is 0 Å². The van der Waals surface area contributed by atoms with Crippen molar-refractivity contribution in [1.82, 2.24) is 20.0 Å². The van der Waals surface area contributed by atoms with E-state index in [0.29, 0.717) is 41.6 Å². The Kier molecular flexibility index (Phi) is 3.71. The lowest BCUT2D eigenvalue weighted by Gasteiger charge is -2.37. The third-order valence-corrected chi connectivity index (χ3v) is 4.09. The number of likely N-dealkylation sites (tertiary alicyclic amines) is 1. The van der Waals surface area contributed by atoms with E-state index >= 15 is 0 Å². The minimum Gasteiger partial charge on any atom is -0.338 e. The van der Waals surface area contributed by atoms with Gasteiger partial charge in [0.15, 0.2) is 0 Å². The zero-order valence-electron chi connectivity index (χ0n) is 13.2. The smallest absolute Gasteiger partial charge is 0.253 e. The molecule has 7 heteroatoms. The Morgan fingerprint density at radius 3 is 2.88 bits per heavy atom. The first-order chi connectivity index (χ1) is 12.2. The van der Waals surface area contributed by atoms with Crippen molar-refractivity contribution in [2.45, 2.75) is 5.92 Å². The summed E-state index contributed by atoms with van der Waals surface area (Å²) in [5, 5.41) is 12.9. The normalized spacial score (nSPS) is 14.0. The van der Waals surface area contributed by atoms with Crippen molar-refractivity contribution >= 4 is 5.91 Å². The van der Waals surface area contributed by atoms with Crippen molar-refractivity contribution in [1.29, 1.82) is 5.26 Å². The molecule has 1 aliphatic rings. The van der Waals surface area contributed by atoms with Crippen LogP contribution in [0.25, 0.3) is 11.5 Å². The molecule has 3 aromatic rings. The van der Waals surface area contributed by atoms with Crippen LogP contribution in [0.4, 0.5) is 0 Å². The van der Waals surface area contributed by atoms with Crippen LogP contribution in [0.1, 0.15) is 27.7 Å². The number of hydrogen-bond acceptors (Lipinski definition) is 6. The molecule has 0 unspecified atom stereocenters. The summed E-state index contributed by atoms with van der Waals surface area (Å²) >= 11 is 0. The van der Waals surface area contributed by atoms with Crippen LogP contribution in [0.15, 0.2) is 53.2 Å². The van der Waals surface area contributed by atoms with Gasteiger partial charge in [-0.2, -0.15) is 10.2 Å². The minimum atomic E-state index is -0.0992. The van der Waals surface area contributed by atoms with Gasteiger partial charge in [0.2, 0.25) is 11.7 Å². The number of pyridine rings is 1. The van der Waals surface area contributed by atoms with Gasteiger partial charge in [0.25, 0.3) is 5.91 Å². The average molecular weight is 331 g/mol. The van der Waals surface area contributed by atoms with Crippen molar-refractivity contribution in [3.05, 3.63) is 65.7 Å². The van der Waals surface area contributed by atoms with Gasteiger partial charge >= 0.3 is 0 Å². The number of carbonyl (C=O) groups excluding carboxylic acids is 1. The standard InChI is InChI=1S/C18H13N5O2/c19-9-12-4-3-5-13(8-12)18(24)23-10-14(11-23)17-21-16(22-25-17)15-6-1-2-7-20-15/h1-8,14H,10-11H2. The Morgan fingerprint density at radius 1 is 1.24 bits per heavy atom. The highest BCUT2D eigenvalue weighted by Crippen LogP contribution is 2.28. The summed E-state index contributed by atoms with van der Waals surface area (Å²) in [4.78, 5) is 22.7. The highest BCUT2D eigenvalue weighted by Gasteiger charge is 2.36. The van der Waals surface area contributed by atoms with Crippen LogP contribution in [-0.4, -0.2) is 39.0 Å². The predicted molar refractivity (Wildman–Crippen MR) is 87.3 cm³/mol. The molecular formula is C18H13N5O2. The first-order valence-electron chi connectivity index (χ1n) is 7.79. The van der Waals surface area contributed by atoms with Gasteiger partial charge in [-0.15, -0.1) is 0 Å². The summed E-state index contributed by atoms with van der Waals surface area (Å²) in [6.07, 6.45) is 1.67. The maximum absolute atomic E-state index is 12.4. The Bertz CT molecular complexity index is 955. The quantitative estimate of drug-likeness (QED) is 0.730. The molecule has 0 aliphatic carbocycles. The van der Waals surface area contributed by atoms with E-state index < -0.39 is 0 Å². The number of carbonyl (C=O) groups is 1. The van der Waals surface area contributed by atoms with E-state index in [1.807, 2.05) is 24.3 Å². The van der Waals surface area contributed by atoms with Crippen molar-refractivity contribution < 1.29 is 9.32 Å². The second-order valence-corrected chi connectivity index (χ2v) is 5.77. The van der Waals surface area contributed by atoms with Crippen molar-refractivity contribution in [3.8, 4) is 17.6 Å². The molecule has 122 valence electrons. The molecule has 0 bridgehead atoms. The molecule has 25 heavy (non-hydrogen) atoms. The second kappa shape index (κ2) is 6.17.